The fraction of sp³-hybridized carbons (Fsp3) is 0.200. The molecule has 2 heterocycles. The standard InChI is InChI=1S/C15H14N4O4/c1-9-16-14(23-18-9)10-4-2-3-5-11(10)17-12-8-13(21)19(6-7-20)15(12)22/h2-5,8,17,20H,6-7H2,1H3. The number of imide groups is 1. The molecule has 0 saturated heterocycles. The van der Waals surface area contributed by atoms with Gasteiger partial charge in [0, 0.05) is 6.08 Å². The number of nitrogens with one attached hydrogen (secondary N) is 1. The van der Waals surface area contributed by atoms with Crippen LogP contribution in [0.2, 0.25) is 0 Å². The third kappa shape index (κ3) is 2.84. The van der Waals surface area contributed by atoms with E-state index in [4.69, 9.17) is 9.63 Å². The summed E-state index contributed by atoms with van der Waals surface area (Å²) in [5.74, 6) is -0.135. The highest BCUT2D eigenvalue weighted by Gasteiger charge is 2.31. The lowest BCUT2D eigenvalue weighted by Crippen LogP contribution is -2.34. The number of aliphatic hydroxyl groups excluding tert-OH is 1. The molecule has 0 fully saturated rings. The largest absolute Gasteiger partial charge is 0.395 e. The predicted molar refractivity (Wildman–Crippen MR) is 80.0 cm³/mol. The predicted octanol–water partition coefficient (Wildman–Crippen LogP) is 0.702. The summed E-state index contributed by atoms with van der Waals surface area (Å²) in [5, 5.41) is 15.6. The van der Waals surface area contributed by atoms with Crippen molar-refractivity contribution in [3.8, 4) is 11.5 Å². The Labute approximate surface area is 131 Å². The number of aliphatic hydroxyl groups is 1. The van der Waals surface area contributed by atoms with Gasteiger partial charge in [-0.15, -0.1) is 0 Å². The number of carbonyl (C=O) groups excluding carboxylic acids is 2. The molecule has 2 aromatic rings. The average molecular weight is 314 g/mol. The van der Waals surface area contributed by atoms with Crippen LogP contribution in [0.1, 0.15) is 5.82 Å². The summed E-state index contributed by atoms with van der Waals surface area (Å²) < 4.78 is 5.15. The van der Waals surface area contributed by atoms with Crippen molar-refractivity contribution in [1.29, 1.82) is 0 Å². The summed E-state index contributed by atoms with van der Waals surface area (Å²) in [6, 6.07) is 7.08. The Morgan fingerprint density at radius 3 is 2.78 bits per heavy atom. The van der Waals surface area contributed by atoms with Crippen LogP contribution in [-0.2, 0) is 9.59 Å². The summed E-state index contributed by atoms with van der Waals surface area (Å²) in [4.78, 5) is 29.1. The zero-order chi connectivity index (χ0) is 16.4. The van der Waals surface area contributed by atoms with Gasteiger partial charge in [0.1, 0.15) is 5.70 Å². The van der Waals surface area contributed by atoms with E-state index >= 15 is 0 Å². The Morgan fingerprint density at radius 1 is 1.30 bits per heavy atom. The van der Waals surface area contributed by atoms with Gasteiger partial charge in [0.25, 0.3) is 17.7 Å². The Bertz CT molecular complexity index is 796. The second-order valence-electron chi connectivity index (χ2n) is 4.89. The van der Waals surface area contributed by atoms with E-state index in [9.17, 15) is 9.59 Å². The molecule has 0 aliphatic carbocycles. The fourth-order valence-corrected chi connectivity index (χ4v) is 2.24. The average Bonchev–Trinajstić information content (AvgIpc) is 3.07. The molecule has 8 nitrogen and oxygen atoms in total. The lowest BCUT2D eigenvalue weighted by molar-refractivity contribution is -0.137. The number of amides is 2. The van der Waals surface area contributed by atoms with Crippen LogP contribution in [0.3, 0.4) is 0 Å². The Balaban J connectivity index is 1.89. The molecule has 1 aliphatic heterocycles. The molecule has 23 heavy (non-hydrogen) atoms. The molecule has 1 aromatic heterocycles. The third-order valence-electron chi connectivity index (χ3n) is 3.29. The van der Waals surface area contributed by atoms with E-state index in [1.165, 1.54) is 6.08 Å². The van der Waals surface area contributed by atoms with Crippen LogP contribution in [0.4, 0.5) is 5.69 Å². The van der Waals surface area contributed by atoms with Gasteiger partial charge in [0.15, 0.2) is 5.82 Å². The third-order valence-corrected chi connectivity index (χ3v) is 3.29. The van der Waals surface area contributed by atoms with E-state index < -0.39 is 11.8 Å². The number of nitrogens with zero attached hydrogens (tertiary/aromatic N) is 3. The van der Waals surface area contributed by atoms with E-state index in [2.05, 4.69) is 15.5 Å². The van der Waals surface area contributed by atoms with Crippen LogP contribution in [0.15, 0.2) is 40.6 Å². The maximum absolute atomic E-state index is 12.2. The molecule has 1 aliphatic rings. The van der Waals surface area contributed by atoms with Crippen LogP contribution >= 0.6 is 0 Å². The number of benzene rings is 1. The fourth-order valence-electron chi connectivity index (χ4n) is 2.24. The van der Waals surface area contributed by atoms with E-state index in [1.54, 1.807) is 31.2 Å². The number of hydrogen-bond acceptors (Lipinski definition) is 7. The number of rotatable bonds is 5. The van der Waals surface area contributed by atoms with E-state index in [0.29, 0.717) is 23.0 Å². The maximum Gasteiger partial charge on any atom is 0.277 e. The molecule has 0 bridgehead atoms. The van der Waals surface area contributed by atoms with Crippen LogP contribution in [0.25, 0.3) is 11.5 Å². The monoisotopic (exact) mass is 314 g/mol. The van der Waals surface area contributed by atoms with Crippen LogP contribution < -0.4 is 5.32 Å². The number of anilines is 1. The van der Waals surface area contributed by atoms with Gasteiger partial charge in [-0.05, 0) is 19.1 Å². The minimum atomic E-state index is -0.486. The first kappa shape index (κ1) is 14.9. The molecule has 0 atom stereocenters. The molecule has 8 heteroatoms. The SMILES string of the molecule is Cc1noc(-c2ccccc2NC2=CC(=O)N(CCO)C2=O)n1. The van der Waals surface area contributed by atoms with Gasteiger partial charge in [-0.3, -0.25) is 14.5 Å². The van der Waals surface area contributed by atoms with Crippen molar-refractivity contribution in [3.63, 3.8) is 0 Å². The molecule has 2 amide bonds. The van der Waals surface area contributed by atoms with Gasteiger partial charge in [-0.1, -0.05) is 17.3 Å². The molecule has 0 spiro atoms. The van der Waals surface area contributed by atoms with Crippen molar-refractivity contribution in [2.24, 2.45) is 0 Å². The molecule has 0 saturated carbocycles. The first-order valence-electron chi connectivity index (χ1n) is 6.95. The quantitative estimate of drug-likeness (QED) is 0.782. The molecule has 0 unspecified atom stereocenters. The van der Waals surface area contributed by atoms with E-state index in [0.717, 1.165) is 4.90 Å². The van der Waals surface area contributed by atoms with Crippen LogP contribution in [0.5, 0.6) is 0 Å². The smallest absolute Gasteiger partial charge is 0.277 e. The summed E-state index contributed by atoms with van der Waals surface area (Å²) in [6.45, 7) is 1.39. The molecular formula is C15H14N4O4. The van der Waals surface area contributed by atoms with Crippen molar-refractivity contribution in [2.75, 3.05) is 18.5 Å². The number of para-hydroxylation sites is 1. The van der Waals surface area contributed by atoms with Crippen molar-refractivity contribution < 1.29 is 19.2 Å². The minimum Gasteiger partial charge on any atom is -0.395 e. The summed E-state index contributed by atoms with van der Waals surface area (Å²) in [5.41, 5.74) is 1.32. The molecule has 1 aromatic carbocycles. The highest BCUT2D eigenvalue weighted by Crippen LogP contribution is 2.28. The molecule has 2 N–H and O–H groups in total. The van der Waals surface area contributed by atoms with Gasteiger partial charge >= 0.3 is 0 Å². The van der Waals surface area contributed by atoms with E-state index in [-0.39, 0.29) is 18.8 Å². The zero-order valence-corrected chi connectivity index (χ0v) is 12.3. The number of aryl methyl sites for hydroxylation is 1. The van der Waals surface area contributed by atoms with Crippen molar-refractivity contribution in [2.45, 2.75) is 6.92 Å². The van der Waals surface area contributed by atoms with E-state index in [1.807, 2.05) is 0 Å². The Hall–Kier alpha value is -3.00. The van der Waals surface area contributed by atoms with Crippen LogP contribution in [-0.4, -0.2) is 45.1 Å². The molecular weight excluding hydrogens is 300 g/mol. The van der Waals surface area contributed by atoms with Crippen molar-refractivity contribution >= 4 is 17.5 Å². The number of β-amino-alcohol motifs (C(OH)–C–C–N with tert-alkyl or cyclic N) is 1. The van der Waals surface area contributed by atoms with Gasteiger partial charge in [-0.25, -0.2) is 0 Å². The molecule has 0 radical (unpaired) electrons. The van der Waals surface area contributed by atoms with Crippen molar-refractivity contribution in [3.05, 3.63) is 41.9 Å². The van der Waals surface area contributed by atoms with Gasteiger partial charge in [-0.2, -0.15) is 4.98 Å². The number of hydrogen-bond donors (Lipinski definition) is 2. The second-order valence-corrected chi connectivity index (χ2v) is 4.89. The van der Waals surface area contributed by atoms with Gasteiger partial charge in [0.05, 0.1) is 24.4 Å². The topological polar surface area (TPSA) is 109 Å². The Kier molecular flexibility index (Phi) is 3.90. The molecule has 118 valence electrons. The maximum atomic E-state index is 12.2. The van der Waals surface area contributed by atoms with Crippen LogP contribution in [0, 0.1) is 6.92 Å². The number of aromatic nitrogens is 2. The molecule has 3 rings (SSSR count). The summed E-state index contributed by atoms with van der Waals surface area (Å²) in [7, 11) is 0. The first-order chi connectivity index (χ1) is 11.1. The summed E-state index contributed by atoms with van der Waals surface area (Å²) in [6.07, 6.45) is 1.20. The lowest BCUT2D eigenvalue weighted by atomic mass is 10.1. The lowest BCUT2D eigenvalue weighted by Gasteiger charge is -2.14. The second kappa shape index (κ2) is 6.01. The Morgan fingerprint density at radius 2 is 2.09 bits per heavy atom. The summed E-state index contributed by atoms with van der Waals surface area (Å²) >= 11 is 0. The number of carbonyl (C=O) groups is 2. The zero-order valence-electron chi connectivity index (χ0n) is 12.3. The van der Waals surface area contributed by atoms with Gasteiger partial charge < -0.3 is 14.9 Å². The van der Waals surface area contributed by atoms with Gasteiger partial charge in [0.2, 0.25) is 0 Å². The van der Waals surface area contributed by atoms with Crippen molar-refractivity contribution in [1.82, 2.24) is 15.0 Å². The highest BCUT2D eigenvalue weighted by molar-refractivity contribution is 6.17. The minimum absolute atomic E-state index is 0.0378. The first-order valence-corrected chi connectivity index (χ1v) is 6.95. The highest BCUT2D eigenvalue weighted by atomic mass is 16.5. The normalized spacial score (nSPS) is 14.3.